The quantitative estimate of drug-likeness (QED) is 0.226. The van der Waals surface area contributed by atoms with Crippen molar-refractivity contribution in [2.45, 2.75) is 58.3 Å². The molecular formula is C21H24N2O12. The normalized spacial score (nSPS) is 23.4. The minimum absolute atomic E-state index is 0.341. The molecule has 0 aromatic heterocycles. The van der Waals surface area contributed by atoms with Crippen LogP contribution in [0.2, 0.25) is 0 Å². The minimum Gasteiger partial charge on any atom is -0.463 e. The molecule has 1 aromatic carbocycles. The van der Waals surface area contributed by atoms with Gasteiger partial charge in [-0.1, -0.05) is 12.1 Å². The lowest BCUT2D eigenvalue weighted by molar-refractivity contribution is -0.385. The van der Waals surface area contributed by atoms with Gasteiger partial charge in [-0.2, -0.15) is 0 Å². The Bertz CT molecular complexity index is 1010. The fraction of sp³-hybridized carbons (Fsp3) is 0.476. The molecule has 0 unspecified atom stereocenters. The standard InChI is InChI=1S/C21H24N2O12/c1-10(24)31-9-16-18(32-11(2)25)19(33-12(3)26)17(21(35-16)34-13(4)27)22-20(28)14-7-5-6-8-15(14)23(29)30/h5-8,16-19,21H,9H2,1-4H3,(H,22,28)/t16-,17+,18+,19+,21-/m0/s1. The molecule has 0 aliphatic carbocycles. The molecule has 0 saturated carbocycles. The maximum Gasteiger partial charge on any atom is 0.305 e. The first-order valence-corrected chi connectivity index (χ1v) is 10.3. The number of amides is 1. The number of hydrogen-bond acceptors (Lipinski definition) is 12. The summed E-state index contributed by atoms with van der Waals surface area (Å²) >= 11 is 0. The zero-order chi connectivity index (χ0) is 26.3. The van der Waals surface area contributed by atoms with Crippen molar-refractivity contribution >= 4 is 35.5 Å². The van der Waals surface area contributed by atoms with Gasteiger partial charge in [-0.05, 0) is 6.07 Å². The maximum absolute atomic E-state index is 13.0. The lowest BCUT2D eigenvalue weighted by Crippen LogP contribution is -2.67. The van der Waals surface area contributed by atoms with Crippen molar-refractivity contribution in [1.82, 2.24) is 5.32 Å². The third-order valence-corrected chi connectivity index (χ3v) is 4.63. The van der Waals surface area contributed by atoms with E-state index in [4.69, 9.17) is 23.7 Å². The molecule has 5 atom stereocenters. The van der Waals surface area contributed by atoms with Crippen LogP contribution >= 0.6 is 0 Å². The summed E-state index contributed by atoms with van der Waals surface area (Å²) in [5, 5.41) is 13.8. The van der Waals surface area contributed by atoms with E-state index in [2.05, 4.69) is 5.32 Å². The van der Waals surface area contributed by atoms with Crippen LogP contribution in [0.5, 0.6) is 0 Å². The molecule has 35 heavy (non-hydrogen) atoms. The molecule has 14 heteroatoms. The summed E-state index contributed by atoms with van der Waals surface area (Å²) in [5.74, 6) is -4.21. The summed E-state index contributed by atoms with van der Waals surface area (Å²) in [6.45, 7) is 3.79. The Balaban J connectivity index is 2.51. The van der Waals surface area contributed by atoms with Gasteiger partial charge >= 0.3 is 23.9 Å². The Labute approximate surface area is 198 Å². The van der Waals surface area contributed by atoms with Crippen LogP contribution in [-0.4, -0.2) is 72.0 Å². The van der Waals surface area contributed by atoms with Gasteiger partial charge in [0, 0.05) is 33.8 Å². The van der Waals surface area contributed by atoms with Crippen molar-refractivity contribution < 1.29 is 52.6 Å². The summed E-state index contributed by atoms with van der Waals surface area (Å²) in [7, 11) is 0. The highest BCUT2D eigenvalue weighted by Gasteiger charge is 2.52. The van der Waals surface area contributed by atoms with Crippen LogP contribution in [0.1, 0.15) is 38.1 Å². The Morgan fingerprint density at radius 2 is 1.49 bits per heavy atom. The van der Waals surface area contributed by atoms with Crippen molar-refractivity contribution in [2.24, 2.45) is 0 Å². The number of carbonyl (C=O) groups excluding carboxylic acids is 5. The van der Waals surface area contributed by atoms with E-state index in [1.165, 1.54) is 18.2 Å². The van der Waals surface area contributed by atoms with E-state index >= 15 is 0 Å². The van der Waals surface area contributed by atoms with Gasteiger partial charge in [-0.3, -0.25) is 34.1 Å². The van der Waals surface area contributed by atoms with Gasteiger partial charge in [0.25, 0.3) is 11.6 Å². The van der Waals surface area contributed by atoms with Crippen LogP contribution in [0.25, 0.3) is 0 Å². The van der Waals surface area contributed by atoms with Crippen molar-refractivity contribution in [1.29, 1.82) is 0 Å². The van der Waals surface area contributed by atoms with E-state index in [0.29, 0.717) is 0 Å². The van der Waals surface area contributed by atoms with Crippen molar-refractivity contribution in [3.63, 3.8) is 0 Å². The number of carbonyl (C=O) groups is 5. The van der Waals surface area contributed by atoms with Crippen LogP contribution < -0.4 is 5.32 Å². The molecule has 0 radical (unpaired) electrons. The van der Waals surface area contributed by atoms with Crippen molar-refractivity contribution in [3.05, 3.63) is 39.9 Å². The van der Waals surface area contributed by atoms with Crippen LogP contribution in [0.4, 0.5) is 5.69 Å². The molecule has 1 fully saturated rings. The van der Waals surface area contributed by atoms with E-state index in [1.54, 1.807) is 0 Å². The number of nitrogens with one attached hydrogen (secondary N) is 1. The second kappa shape index (κ2) is 11.9. The molecule has 1 aliphatic rings. The highest BCUT2D eigenvalue weighted by molar-refractivity contribution is 5.98. The number of nitro benzene ring substituents is 1. The van der Waals surface area contributed by atoms with E-state index in [-0.39, 0.29) is 5.56 Å². The zero-order valence-corrected chi connectivity index (χ0v) is 19.2. The number of para-hydroxylation sites is 1. The van der Waals surface area contributed by atoms with E-state index in [1.807, 2.05) is 0 Å². The Hall–Kier alpha value is -4.07. The van der Waals surface area contributed by atoms with Crippen molar-refractivity contribution in [3.8, 4) is 0 Å². The SMILES string of the molecule is CC(=O)OC[C@@H]1O[C@H](OC(C)=O)[C@H](NC(=O)c2ccccc2[N+](=O)[O-])[C@@H](OC(C)=O)[C@@H]1OC(C)=O. The third-order valence-electron chi connectivity index (χ3n) is 4.63. The van der Waals surface area contributed by atoms with Crippen LogP contribution in [0.3, 0.4) is 0 Å². The number of benzene rings is 1. The number of hydrogen-bond donors (Lipinski definition) is 1. The summed E-state index contributed by atoms with van der Waals surface area (Å²) in [4.78, 5) is 70.3. The molecule has 1 heterocycles. The Kier molecular flexibility index (Phi) is 9.22. The zero-order valence-electron chi connectivity index (χ0n) is 19.2. The Morgan fingerprint density at radius 3 is 2.03 bits per heavy atom. The highest BCUT2D eigenvalue weighted by Crippen LogP contribution is 2.29. The summed E-state index contributed by atoms with van der Waals surface area (Å²) < 4.78 is 26.3. The first-order valence-electron chi connectivity index (χ1n) is 10.3. The largest absolute Gasteiger partial charge is 0.463 e. The lowest BCUT2D eigenvalue weighted by Gasteiger charge is -2.44. The molecule has 1 aliphatic heterocycles. The lowest BCUT2D eigenvalue weighted by atomic mass is 9.95. The van der Waals surface area contributed by atoms with E-state index in [0.717, 1.165) is 33.8 Å². The van der Waals surface area contributed by atoms with E-state index < -0.39 is 77.6 Å². The predicted octanol–water partition coefficient (Wildman–Crippen LogP) is 0.408. The molecule has 1 aromatic rings. The number of nitro groups is 1. The minimum atomic E-state index is -1.61. The van der Waals surface area contributed by atoms with E-state index in [9.17, 15) is 34.1 Å². The second-order valence-electron chi connectivity index (χ2n) is 7.38. The average molecular weight is 496 g/mol. The molecule has 2 rings (SSSR count). The maximum atomic E-state index is 13.0. The first kappa shape index (κ1) is 27.2. The number of rotatable bonds is 8. The molecule has 0 spiro atoms. The number of ether oxygens (including phenoxy) is 5. The van der Waals surface area contributed by atoms with Gasteiger partial charge < -0.3 is 29.0 Å². The average Bonchev–Trinajstić information content (AvgIpc) is 2.75. The fourth-order valence-electron chi connectivity index (χ4n) is 3.37. The highest BCUT2D eigenvalue weighted by atomic mass is 16.7. The topological polar surface area (TPSA) is 187 Å². The van der Waals surface area contributed by atoms with Gasteiger partial charge in [0.05, 0.1) is 4.92 Å². The first-order chi connectivity index (χ1) is 16.4. The van der Waals surface area contributed by atoms with Gasteiger partial charge in [0.2, 0.25) is 6.29 Å². The van der Waals surface area contributed by atoms with Gasteiger partial charge in [0.1, 0.15) is 24.3 Å². The molecule has 1 N–H and O–H groups in total. The molecule has 14 nitrogen and oxygen atoms in total. The monoisotopic (exact) mass is 496 g/mol. The second-order valence-corrected chi connectivity index (χ2v) is 7.38. The fourth-order valence-corrected chi connectivity index (χ4v) is 3.37. The predicted molar refractivity (Wildman–Crippen MR) is 113 cm³/mol. The van der Waals surface area contributed by atoms with Crippen LogP contribution in [0.15, 0.2) is 24.3 Å². The summed E-state index contributed by atoms with van der Waals surface area (Å²) in [6.07, 6.45) is -5.80. The molecular weight excluding hydrogens is 472 g/mol. The molecule has 1 amide bonds. The Morgan fingerprint density at radius 1 is 0.914 bits per heavy atom. The van der Waals surface area contributed by atoms with Gasteiger partial charge in [-0.25, -0.2) is 0 Å². The van der Waals surface area contributed by atoms with Gasteiger partial charge in [-0.15, -0.1) is 0 Å². The summed E-state index contributed by atoms with van der Waals surface area (Å²) in [5.41, 5.74) is -0.856. The smallest absolute Gasteiger partial charge is 0.305 e. The van der Waals surface area contributed by atoms with Crippen LogP contribution in [0, 0.1) is 10.1 Å². The molecule has 190 valence electrons. The van der Waals surface area contributed by atoms with Gasteiger partial charge in [0.15, 0.2) is 12.2 Å². The van der Waals surface area contributed by atoms with Crippen LogP contribution in [-0.2, 0) is 42.9 Å². The third kappa shape index (κ3) is 7.46. The molecule has 0 bridgehead atoms. The summed E-state index contributed by atoms with van der Waals surface area (Å²) in [6, 6.07) is 3.57. The number of nitrogens with zero attached hydrogens (tertiary/aromatic N) is 1. The van der Waals surface area contributed by atoms with Crippen molar-refractivity contribution in [2.75, 3.05) is 6.61 Å². The number of esters is 4. The molecule has 1 saturated heterocycles.